The quantitative estimate of drug-likeness (QED) is 0.126. The van der Waals surface area contributed by atoms with Crippen LogP contribution in [0.4, 0.5) is 11.4 Å². The summed E-state index contributed by atoms with van der Waals surface area (Å²) in [5, 5.41) is 0. The van der Waals surface area contributed by atoms with E-state index in [0.29, 0.717) is 5.84 Å². The predicted octanol–water partition coefficient (Wildman–Crippen LogP) is 12.5. The average molecular weight is 749 g/mol. The van der Waals surface area contributed by atoms with Crippen molar-refractivity contribution in [2.24, 2.45) is 16.5 Å². The number of para-hydroxylation sites is 1. The van der Waals surface area contributed by atoms with Crippen LogP contribution in [0.2, 0.25) is 0 Å². The molecular formula is C54H44N4. The van der Waals surface area contributed by atoms with Crippen LogP contribution >= 0.6 is 0 Å². The highest BCUT2D eigenvalue weighted by Gasteiger charge is 2.42. The Labute approximate surface area is 340 Å². The first-order valence-corrected chi connectivity index (χ1v) is 20.0. The van der Waals surface area contributed by atoms with Crippen molar-refractivity contribution in [2.75, 3.05) is 4.90 Å². The third-order valence-corrected chi connectivity index (χ3v) is 12.2. The van der Waals surface area contributed by atoms with E-state index in [0.717, 1.165) is 50.3 Å². The summed E-state index contributed by atoms with van der Waals surface area (Å²) >= 11 is 0. The molecule has 1 heterocycles. The molecule has 8 aromatic carbocycles. The molecule has 0 saturated heterocycles. The lowest BCUT2D eigenvalue weighted by Gasteiger charge is -2.37. The summed E-state index contributed by atoms with van der Waals surface area (Å²) in [4.78, 5) is 7.71. The number of rotatable bonds is 7. The summed E-state index contributed by atoms with van der Waals surface area (Å²) in [6.07, 6.45) is -0.649. The maximum atomic E-state index is 7.79. The molecule has 4 N–H and O–H groups in total. The van der Waals surface area contributed by atoms with Gasteiger partial charge in [0, 0.05) is 22.1 Å². The number of benzene rings is 8. The first-order chi connectivity index (χ1) is 28.4. The average Bonchev–Trinajstić information content (AvgIpc) is 3.43. The lowest BCUT2D eigenvalue weighted by Crippen LogP contribution is -2.44. The van der Waals surface area contributed by atoms with Crippen molar-refractivity contribution in [1.29, 1.82) is 0 Å². The smallest absolute Gasteiger partial charge is 0.126 e. The van der Waals surface area contributed by atoms with Gasteiger partial charge in [-0.15, -0.1) is 0 Å². The van der Waals surface area contributed by atoms with Crippen LogP contribution in [0.1, 0.15) is 42.1 Å². The van der Waals surface area contributed by atoms with Crippen LogP contribution in [0, 0.1) is 0 Å². The van der Waals surface area contributed by atoms with Crippen molar-refractivity contribution in [3.05, 3.63) is 216 Å². The molecule has 0 amide bonds. The topological polar surface area (TPSA) is 67.6 Å². The van der Waals surface area contributed by atoms with E-state index >= 15 is 0 Å². The number of nitrogens with two attached hydrogens (primary N) is 2. The molecule has 2 atom stereocenters. The Kier molecular flexibility index (Phi) is 8.66. The zero-order valence-corrected chi connectivity index (χ0v) is 32.7. The minimum absolute atomic E-state index is 0.252. The van der Waals surface area contributed by atoms with Gasteiger partial charge in [0.25, 0.3) is 0 Å². The molecule has 0 spiro atoms. The Morgan fingerprint density at radius 3 is 1.66 bits per heavy atom. The Hall–Kier alpha value is -7.01. The molecular weight excluding hydrogens is 705 g/mol. The Morgan fingerprint density at radius 2 is 1.00 bits per heavy atom. The van der Waals surface area contributed by atoms with Crippen molar-refractivity contribution in [3.63, 3.8) is 0 Å². The summed E-state index contributed by atoms with van der Waals surface area (Å²) in [6, 6.07) is 68.1. The Bertz CT molecular complexity index is 2820. The van der Waals surface area contributed by atoms with Crippen LogP contribution < -0.4 is 16.4 Å². The number of fused-ring (bicyclic) bond motifs is 9. The highest BCUT2D eigenvalue weighted by atomic mass is 15.3. The summed E-state index contributed by atoms with van der Waals surface area (Å²) in [6.45, 7) is 4.71. The number of hydrogen-bond acceptors (Lipinski definition) is 3. The second-order valence-corrected chi connectivity index (χ2v) is 15.9. The number of anilines is 2. The lowest BCUT2D eigenvalue weighted by molar-refractivity contribution is 0.556. The maximum absolute atomic E-state index is 7.79. The third kappa shape index (κ3) is 5.84. The van der Waals surface area contributed by atoms with Gasteiger partial charge in [0.05, 0.1) is 11.4 Å². The number of nitrogens with zero attached hydrogens (tertiary/aromatic N) is 2. The molecule has 0 aromatic heterocycles. The summed E-state index contributed by atoms with van der Waals surface area (Å²) in [7, 11) is 0. The molecule has 4 heteroatoms. The van der Waals surface area contributed by atoms with Crippen molar-refractivity contribution < 1.29 is 0 Å². The molecule has 0 radical (unpaired) electrons. The van der Waals surface area contributed by atoms with Crippen LogP contribution in [0.25, 0.3) is 55.6 Å². The molecule has 2 aliphatic rings. The van der Waals surface area contributed by atoms with Crippen molar-refractivity contribution in [2.45, 2.75) is 31.5 Å². The van der Waals surface area contributed by atoms with E-state index in [1.54, 1.807) is 0 Å². The molecule has 58 heavy (non-hydrogen) atoms. The van der Waals surface area contributed by atoms with Gasteiger partial charge in [-0.1, -0.05) is 196 Å². The molecule has 1 unspecified atom stereocenters. The molecule has 280 valence electrons. The molecule has 0 bridgehead atoms. The third-order valence-electron chi connectivity index (χ3n) is 12.2. The highest BCUT2D eigenvalue weighted by Crippen LogP contribution is 2.58. The van der Waals surface area contributed by atoms with Crippen LogP contribution in [0.5, 0.6) is 0 Å². The van der Waals surface area contributed by atoms with Crippen LogP contribution in [0.15, 0.2) is 199 Å². The molecule has 1 aliphatic heterocycles. The first-order valence-electron chi connectivity index (χ1n) is 20.0. The normalized spacial score (nSPS) is 14.6. The molecule has 0 saturated carbocycles. The van der Waals surface area contributed by atoms with E-state index in [-0.39, 0.29) is 5.41 Å². The standard InChI is InChI=1S/C54H44N4/c1-54(2)46-23-13-11-20-42(46)45-33-34-48-49(50(45)54)44-22-10-9-19-41(44)43-21-12-14-24-47(43)58(48)53(56)51(39-29-25-37(26-30-39)35-15-5-3-6-16-35)57-52(55)40-31-27-38(28-32-40)36-17-7-4-8-18-36/h3-34,51,53H,56H2,1-2H3,(H2,55,57)/t51?,53-/m0/s1. The van der Waals surface area contributed by atoms with Gasteiger partial charge < -0.3 is 16.4 Å². The monoisotopic (exact) mass is 748 g/mol. The van der Waals surface area contributed by atoms with Gasteiger partial charge in [-0.25, -0.2) is 0 Å². The zero-order chi connectivity index (χ0) is 39.4. The van der Waals surface area contributed by atoms with E-state index < -0.39 is 12.2 Å². The molecule has 0 fully saturated rings. The summed E-state index contributed by atoms with van der Waals surface area (Å²) < 4.78 is 0. The molecule has 1 aliphatic carbocycles. The van der Waals surface area contributed by atoms with E-state index in [9.17, 15) is 0 Å². The highest BCUT2D eigenvalue weighted by molar-refractivity contribution is 6.04. The van der Waals surface area contributed by atoms with Crippen LogP contribution in [-0.2, 0) is 5.41 Å². The van der Waals surface area contributed by atoms with Gasteiger partial charge >= 0.3 is 0 Å². The fourth-order valence-electron chi connectivity index (χ4n) is 9.32. The van der Waals surface area contributed by atoms with Gasteiger partial charge in [0.1, 0.15) is 18.0 Å². The van der Waals surface area contributed by atoms with Crippen LogP contribution in [0.3, 0.4) is 0 Å². The zero-order valence-electron chi connectivity index (χ0n) is 32.7. The molecule has 4 nitrogen and oxygen atoms in total. The fraction of sp³-hybridized carbons (Fsp3) is 0.0926. The molecule has 10 rings (SSSR count). The van der Waals surface area contributed by atoms with Gasteiger partial charge in [0.2, 0.25) is 0 Å². The lowest BCUT2D eigenvalue weighted by atomic mass is 9.77. The minimum Gasteiger partial charge on any atom is -0.383 e. The van der Waals surface area contributed by atoms with E-state index in [2.05, 4.69) is 201 Å². The fourth-order valence-corrected chi connectivity index (χ4v) is 9.32. The van der Waals surface area contributed by atoms with Crippen molar-refractivity contribution in [1.82, 2.24) is 0 Å². The minimum atomic E-state index is -0.649. The van der Waals surface area contributed by atoms with Gasteiger partial charge in [-0.05, 0) is 73.3 Å². The largest absolute Gasteiger partial charge is 0.383 e. The predicted molar refractivity (Wildman–Crippen MR) is 242 cm³/mol. The number of aliphatic imine (C=N–C) groups is 1. The van der Waals surface area contributed by atoms with E-state index in [4.69, 9.17) is 16.5 Å². The first kappa shape index (κ1) is 35.4. The SMILES string of the molecule is CC1(C)c2ccccc2-c2ccc3c(c21)-c1ccccc1-c1ccccc1N3[C@H](N)C(/N=C(\N)c1ccc(-c2ccccc2)cc1)c1ccc(-c2ccccc2)cc1. The van der Waals surface area contributed by atoms with Gasteiger partial charge in [-0.3, -0.25) is 4.99 Å². The van der Waals surface area contributed by atoms with E-state index in [1.807, 2.05) is 12.1 Å². The Balaban J connectivity index is 1.17. The van der Waals surface area contributed by atoms with Crippen molar-refractivity contribution in [3.8, 4) is 55.6 Å². The summed E-state index contributed by atoms with van der Waals surface area (Å²) in [5.74, 6) is 0.435. The number of amidine groups is 1. The second-order valence-electron chi connectivity index (χ2n) is 15.9. The second kappa shape index (κ2) is 14.2. The Morgan fingerprint density at radius 1 is 0.483 bits per heavy atom. The molecule has 8 aromatic rings. The van der Waals surface area contributed by atoms with Gasteiger partial charge in [0.15, 0.2) is 0 Å². The number of hydrogen-bond donors (Lipinski definition) is 2. The van der Waals surface area contributed by atoms with Crippen molar-refractivity contribution >= 4 is 17.2 Å². The van der Waals surface area contributed by atoms with E-state index in [1.165, 1.54) is 38.9 Å². The maximum Gasteiger partial charge on any atom is 0.126 e. The van der Waals surface area contributed by atoms with Gasteiger partial charge in [-0.2, -0.15) is 0 Å². The van der Waals surface area contributed by atoms with Crippen LogP contribution in [-0.4, -0.2) is 12.0 Å². The summed E-state index contributed by atoms with van der Waals surface area (Å²) in [5.41, 5.74) is 32.9.